The fraction of sp³-hybridized carbons (Fsp3) is 0.333. The number of aliphatic carboxylic acids is 1. The normalized spacial score (nSPS) is 16.1. The average molecular weight is 627 g/mol. The van der Waals surface area contributed by atoms with Gasteiger partial charge in [-0.05, 0) is 67.6 Å². The Morgan fingerprint density at radius 1 is 1.17 bits per heavy atom. The highest BCUT2D eigenvalue weighted by atomic mass is 35.5. The molecule has 5 aromatic rings. The highest BCUT2D eigenvalue weighted by molar-refractivity contribution is 7.99. The summed E-state index contributed by atoms with van der Waals surface area (Å²) in [6, 6.07) is 8.81. The number of aromatic amines is 2. The predicted molar refractivity (Wildman–Crippen MR) is 156 cm³/mol. The molecule has 1 aromatic carbocycles. The van der Waals surface area contributed by atoms with E-state index in [0.29, 0.717) is 28.4 Å². The van der Waals surface area contributed by atoms with Gasteiger partial charge in [-0.2, -0.15) is 10.3 Å². The topological polar surface area (TPSA) is 172 Å². The van der Waals surface area contributed by atoms with Crippen molar-refractivity contribution in [2.45, 2.75) is 65.7 Å². The van der Waals surface area contributed by atoms with Crippen LogP contribution in [-0.2, 0) is 34.0 Å². The first-order valence-corrected chi connectivity index (χ1v) is 16.5. The van der Waals surface area contributed by atoms with Crippen molar-refractivity contribution in [1.29, 1.82) is 0 Å². The number of nitrogens with zero attached hydrogens (tertiary/aromatic N) is 6. The van der Waals surface area contributed by atoms with Crippen molar-refractivity contribution in [1.82, 2.24) is 40.4 Å². The Hall–Kier alpha value is -3.75. The molecule has 1 aliphatic carbocycles. The minimum absolute atomic E-state index is 0.00128. The van der Waals surface area contributed by atoms with Gasteiger partial charge in [-0.3, -0.25) is 9.89 Å². The summed E-state index contributed by atoms with van der Waals surface area (Å²) >= 11 is 7.43. The van der Waals surface area contributed by atoms with Crippen molar-refractivity contribution in [3.8, 4) is 11.5 Å². The third kappa shape index (κ3) is 5.53. The maximum absolute atomic E-state index is 12.5. The highest BCUT2D eigenvalue weighted by Crippen LogP contribution is 2.47. The molecule has 0 amide bonds. The summed E-state index contributed by atoms with van der Waals surface area (Å²) in [5.74, 6) is -0.482. The Morgan fingerprint density at radius 3 is 2.69 bits per heavy atom. The van der Waals surface area contributed by atoms with Crippen LogP contribution in [0.4, 0.5) is 0 Å². The van der Waals surface area contributed by atoms with Crippen LogP contribution in [0.2, 0.25) is 5.02 Å². The lowest BCUT2D eigenvalue weighted by Crippen LogP contribution is -2.18. The lowest BCUT2D eigenvalue weighted by Gasteiger charge is -2.25. The lowest BCUT2D eigenvalue weighted by molar-refractivity contribution is -0.137. The number of aryl methyl sites for hydroxylation is 2. The number of H-pyrrole nitrogens is 2. The number of sulfone groups is 1. The SMILES string of the molecule is C1Cc2[nH]nc(-c3nn[nH]n3)c2C1.CS(=O)(=O)c1ccnc2c1c(Sc1ccc(Cl)cc1)c1n2CCCC1CC(=O)O. The molecular weight excluding hydrogens is 600 g/mol. The van der Waals surface area contributed by atoms with E-state index in [1.165, 1.54) is 48.0 Å². The standard InChI is InChI=1S/C20H19ClN2O4S2.C7H8N6/c1-29(26,27)15-8-9-22-20-17(15)19(28-14-6-4-13(21)5-7-14)18-12(11-16(24)25)3-2-10-23(18)20;1-2-4-5(3-1)8-9-6(4)7-10-12-13-11-7/h4-9,12H,2-3,10-11H2,1H3,(H,24,25);1-3H2,(H,8,9)(H,10,11,12,13). The van der Waals surface area contributed by atoms with Gasteiger partial charge in [0.1, 0.15) is 11.3 Å². The number of nitrogens with one attached hydrogen (secondary N) is 2. The molecule has 0 spiro atoms. The molecule has 5 heterocycles. The molecule has 3 N–H and O–H groups in total. The molecule has 1 atom stereocenters. The molecule has 42 heavy (non-hydrogen) atoms. The minimum Gasteiger partial charge on any atom is -0.481 e. The van der Waals surface area contributed by atoms with Gasteiger partial charge in [0.2, 0.25) is 5.82 Å². The zero-order chi connectivity index (χ0) is 29.4. The summed E-state index contributed by atoms with van der Waals surface area (Å²) in [6.45, 7) is 0.684. The van der Waals surface area contributed by atoms with E-state index in [0.717, 1.165) is 46.9 Å². The molecule has 0 fully saturated rings. The van der Waals surface area contributed by atoms with Gasteiger partial charge in [-0.15, -0.1) is 10.2 Å². The average Bonchev–Trinajstić information content (AvgIpc) is 3.75. The molecule has 0 bridgehead atoms. The van der Waals surface area contributed by atoms with Crippen LogP contribution in [0.25, 0.3) is 22.6 Å². The fourth-order valence-corrected chi connectivity index (χ4v) is 7.95. The van der Waals surface area contributed by atoms with Crippen LogP contribution < -0.4 is 0 Å². The van der Waals surface area contributed by atoms with Crippen LogP contribution in [0.5, 0.6) is 0 Å². The molecule has 0 saturated heterocycles. The number of hydrogen-bond acceptors (Lipinski definition) is 9. The van der Waals surface area contributed by atoms with Gasteiger partial charge < -0.3 is 9.67 Å². The van der Waals surface area contributed by atoms with E-state index < -0.39 is 15.8 Å². The van der Waals surface area contributed by atoms with Gasteiger partial charge in [-0.1, -0.05) is 23.4 Å². The number of pyridine rings is 1. The van der Waals surface area contributed by atoms with E-state index in [1.807, 2.05) is 16.7 Å². The molecule has 218 valence electrons. The smallest absolute Gasteiger partial charge is 0.304 e. The zero-order valence-corrected chi connectivity index (χ0v) is 24.9. The first kappa shape index (κ1) is 28.4. The number of hydrogen-bond donors (Lipinski definition) is 3. The van der Waals surface area contributed by atoms with Gasteiger partial charge in [0, 0.05) is 56.7 Å². The molecule has 1 aliphatic heterocycles. The Labute approximate surface area is 250 Å². The van der Waals surface area contributed by atoms with Crippen LogP contribution in [0, 0.1) is 0 Å². The summed E-state index contributed by atoms with van der Waals surface area (Å²) in [6.07, 6.45) is 7.59. The maximum Gasteiger partial charge on any atom is 0.304 e. The van der Waals surface area contributed by atoms with Gasteiger partial charge >= 0.3 is 5.97 Å². The first-order chi connectivity index (χ1) is 20.2. The van der Waals surface area contributed by atoms with Crippen LogP contribution >= 0.6 is 23.4 Å². The third-order valence-corrected chi connectivity index (χ3v) is 9.95. The number of tetrazole rings is 1. The van der Waals surface area contributed by atoms with E-state index in [-0.39, 0.29) is 17.2 Å². The molecule has 7 rings (SSSR count). The van der Waals surface area contributed by atoms with E-state index in [1.54, 1.807) is 12.1 Å². The second kappa shape index (κ2) is 11.5. The number of carboxylic acids is 1. The molecular formula is C27H27ClN8O4S2. The van der Waals surface area contributed by atoms with Gasteiger partial charge in [0.25, 0.3) is 0 Å². The molecule has 1 unspecified atom stereocenters. The van der Waals surface area contributed by atoms with Crippen molar-refractivity contribution < 1.29 is 18.3 Å². The van der Waals surface area contributed by atoms with Crippen molar-refractivity contribution in [2.24, 2.45) is 0 Å². The monoisotopic (exact) mass is 626 g/mol. The van der Waals surface area contributed by atoms with Crippen molar-refractivity contribution in [3.63, 3.8) is 0 Å². The Bertz CT molecular complexity index is 1870. The summed E-state index contributed by atoms with van der Waals surface area (Å²) in [5.41, 5.74) is 4.77. The highest BCUT2D eigenvalue weighted by Gasteiger charge is 2.32. The summed E-state index contributed by atoms with van der Waals surface area (Å²) < 4.78 is 27.0. The number of carbonyl (C=O) groups is 1. The Balaban J connectivity index is 0.000000200. The fourth-order valence-electron chi connectivity index (χ4n) is 5.69. The predicted octanol–water partition coefficient (Wildman–Crippen LogP) is 4.68. The molecule has 4 aromatic heterocycles. The second-order valence-corrected chi connectivity index (χ2v) is 13.8. The molecule has 0 saturated carbocycles. The largest absolute Gasteiger partial charge is 0.481 e. The summed E-state index contributed by atoms with van der Waals surface area (Å²) in [5, 5.41) is 31.5. The quantitative estimate of drug-likeness (QED) is 0.240. The molecule has 15 heteroatoms. The van der Waals surface area contributed by atoms with Gasteiger partial charge in [-0.25, -0.2) is 13.4 Å². The number of fused-ring (bicyclic) bond motifs is 4. The number of halogens is 1. The number of benzene rings is 1. The van der Waals surface area contributed by atoms with E-state index >= 15 is 0 Å². The lowest BCUT2D eigenvalue weighted by atomic mass is 9.93. The number of rotatable bonds is 6. The molecule has 2 aliphatic rings. The van der Waals surface area contributed by atoms with E-state index in [9.17, 15) is 18.3 Å². The maximum atomic E-state index is 12.5. The van der Waals surface area contributed by atoms with Crippen LogP contribution in [0.1, 0.15) is 48.6 Å². The van der Waals surface area contributed by atoms with Crippen molar-refractivity contribution >= 4 is 50.2 Å². The van der Waals surface area contributed by atoms with Crippen LogP contribution in [0.15, 0.2) is 51.2 Å². The van der Waals surface area contributed by atoms with E-state index in [4.69, 9.17) is 11.6 Å². The van der Waals surface area contributed by atoms with Crippen molar-refractivity contribution in [3.05, 3.63) is 58.5 Å². The number of aromatic nitrogens is 8. The Kier molecular flexibility index (Phi) is 7.77. The summed E-state index contributed by atoms with van der Waals surface area (Å²) in [7, 11) is -3.50. The zero-order valence-electron chi connectivity index (χ0n) is 22.5. The second-order valence-electron chi connectivity index (χ2n) is 10.3. The van der Waals surface area contributed by atoms with Crippen LogP contribution in [0.3, 0.4) is 0 Å². The van der Waals surface area contributed by atoms with Gasteiger partial charge in [0.15, 0.2) is 9.84 Å². The summed E-state index contributed by atoms with van der Waals surface area (Å²) in [4.78, 5) is 17.8. The van der Waals surface area contributed by atoms with Gasteiger partial charge in [0.05, 0.1) is 16.7 Å². The minimum atomic E-state index is -3.50. The number of carboxylic acid groups (broad SMARTS) is 1. The molecule has 0 radical (unpaired) electrons. The van der Waals surface area contributed by atoms with Crippen LogP contribution in [-0.4, -0.2) is 66.1 Å². The van der Waals surface area contributed by atoms with Crippen molar-refractivity contribution in [2.75, 3.05) is 6.26 Å². The van der Waals surface area contributed by atoms with E-state index in [2.05, 4.69) is 35.8 Å². The molecule has 12 nitrogen and oxygen atoms in total. The third-order valence-electron chi connectivity index (χ3n) is 7.44. The first-order valence-electron chi connectivity index (χ1n) is 13.4. The Morgan fingerprint density at radius 2 is 1.98 bits per heavy atom.